The van der Waals surface area contributed by atoms with Gasteiger partial charge in [0.2, 0.25) is 0 Å². The van der Waals surface area contributed by atoms with Crippen LogP contribution in [0.4, 0.5) is 0 Å². The summed E-state index contributed by atoms with van der Waals surface area (Å²) in [5.74, 6) is -0.488. The highest BCUT2D eigenvalue weighted by Crippen LogP contribution is 2.31. The molecule has 0 aromatic heterocycles. The predicted molar refractivity (Wildman–Crippen MR) is 172 cm³/mol. The number of rotatable bonds is 15. The number of esters is 1. The van der Waals surface area contributed by atoms with Crippen LogP contribution in [0.1, 0.15) is 22.3 Å². The summed E-state index contributed by atoms with van der Waals surface area (Å²) in [5.41, 5.74) is 4.09. The van der Waals surface area contributed by atoms with E-state index in [2.05, 4.69) is 0 Å². The lowest BCUT2D eigenvalue weighted by atomic mass is 9.93. The molecule has 7 nitrogen and oxygen atoms in total. The molecule has 1 aliphatic rings. The van der Waals surface area contributed by atoms with Gasteiger partial charge in [0.1, 0.15) is 37.1 Å². The number of benzene rings is 4. The average Bonchev–Trinajstić information content (AvgIpc) is 3.10. The van der Waals surface area contributed by atoms with Crippen LogP contribution in [-0.2, 0) is 53.0 Å². The number of carbonyl (C=O) groups excluding carboxylic acids is 1. The van der Waals surface area contributed by atoms with Crippen molar-refractivity contribution >= 4 is 12.0 Å². The Kier molecular flexibility index (Phi) is 12.5. The molecule has 0 unspecified atom stereocenters. The van der Waals surface area contributed by atoms with Gasteiger partial charge in [-0.15, -0.1) is 0 Å². The Morgan fingerprint density at radius 3 is 1.71 bits per heavy atom. The fourth-order valence-corrected chi connectivity index (χ4v) is 5.21. The Hall–Kier alpha value is -4.11. The lowest BCUT2D eigenvalue weighted by Crippen LogP contribution is -2.61. The van der Waals surface area contributed by atoms with Crippen LogP contribution in [0.25, 0.3) is 6.08 Å². The molecule has 0 N–H and O–H groups in total. The van der Waals surface area contributed by atoms with Crippen molar-refractivity contribution in [3.05, 3.63) is 150 Å². The number of hydrogen-bond acceptors (Lipinski definition) is 7. The van der Waals surface area contributed by atoms with Crippen molar-refractivity contribution in [2.24, 2.45) is 0 Å². The second-order valence-electron chi connectivity index (χ2n) is 10.8. The molecular weight excluding hydrogens is 568 g/mol. The van der Waals surface area contributed by atoms with Crippen LogP contribution in [-0.4, -0.2) is 56.8 Å². The van der Waals surface area contributed by atoms with E-state index >= 15 is 0 Å². The number of hydrogen-bond donors (Lipinski definition) is 0. The minimum atomic E-state index is -0.682. The van der Waals surface area contributed by atoms with Crippen molar-refractivity contribution in [2.45, 2.75) is 50.3 Å². The van der Waals surface area contributed by atoms with Gasteiger partial charge < -0.3 is 28.4 Å². The zero-order valence-corrected chi connectivity index (χ0v) is 25.5. The van der Waals surface area contributed by atoms with Gasteiger partial charge in [0.25, 0.3) is 0 Å². The van der Waals surface area contributed by atoms with Crippen molar-refractivity contribution in [3.63, 3.8) is 0 Å². The number of methoxy groups -OCH3 is 1. The SMILES string of the molecule is COC(=O)CO[C@@H]1[C@@H](OCc2ccccc2)[C@H](OCc2ccccc2)[C@@H](COCc2ccccc2)O[C@H]1/C=C\c1ccccc1. The maximum atomic E-state index is 12.3. The van der Waals surface area contributed by atoms with Gasteiger partial charge >= 0.3 is 5.97 Å². The molecule has 0 aliphatic carbocycles. The van der Waals surface area contributed by atoms with E-state index < -0.39 is 36.5 Å². The van der Waals surface area contributed by atoms with Crippen LogP contribution in [0.3, 0.4) is 0 Å². The zero-order chi connectivity index (χ0) is 31.1. The molecule has 5 rings (SSSR count). The smallest absolute Gasteiger partial charge is 0.331 e. The highest BCUT2D eigenvalue weighted by molar-refractivity contribution is 5.70. The standard InChI is InChI=1S/C38H40O7/c1-40-35(39)28-44-36-33(23-22-29-14-6-2-7-15-29)45-34(27-41-24-30-16-8-3-9-17-30)37(42-25-31-18-10-4-11-19-31)38(36)43-26-32-20-12-5-13-21-32/h2-23,33-34,36-38H,24-28H2,1H3/b23-22-/t33-,34+,36-,37+,38+/m0/s1. The van der Waals surface area contributed by atoms with Crippen molar-refractivity contribution in [1.82, 2.24) is 0 Å². The molecule has 4 aromatic rings. The van der Waals surface area contributed by atoms with E-state index in [1.807, 2.05) is 133 Å². The molecule has 7 heteroatoms. The maximum absolute atomic E-state index is 12.3. The molecule has 1 fully saturated rings. The molecule has 45 heavy (non-hydrogen) atoms. The van der Waals surface area contributed by atoms with Gasteiger partial charge in [-0.1, -0.05) is 133 Å². The van der Waals surface area contributed by atoms with Crippen LogP contribution in [0, 0.1) is 0 Å². The Labute approximate surface area is 265 Å². The summed E-state index contributed by atoms with van der Waals surface area (Å²) in [6.45, 7) is 1.09. The van der Waals surface area contributed by atoms with Crippen LogP contribution in [0.2, 0.25) is 0 Å². The van der Waals surface area contributed by atoms with Crippen molar-refractivity contribution in [1.29, 1.82) is 0 Å². The summed E-state index contributed by atoms with van der Waals surface area (Å²) in [6, 6.07) is 39.9. The molecule has 234 valence electrons. The molecule has 0 saturated carbocycles. The van der Waals surface area contributed by atoms with Gasteiger partial charge in [-0.25, -0.2) is 4.79 Å². The second kappa shape index (κ2) is 17.4. The third kappa shape index (κ3) is 9.94. The molecule has 0 spiro atoms. The normalized spacial score (nSPS) is 21.5. The molecule has 1 heterocycles. The molecule has 5 atom stereocenters. The Morgan fingerprint density at radius 1 is 0.644 bits per heavy atom. The third-order valence-corrected chi connectivity index (χ3v) is 7.53. The lowest BCUT2D eigenvalue weighted by Gasteiger charge is -2.45. The Balaban J connectivity index is 1.45. The van der Waals surface area contributed by atoms with Crippen LogP contribution in [0.5, 0.6) is 0 Å². The van der Waals surface area contributed by atoms with Crippen LogP contribution in [0.15, 0.2) is 127 Å². The van der Waals surface area contributed by atoms with Crippen molar-refractivity contribution in [3.8, 4) is 0 Å². The number of ether oxygens (including phenoxy) is 6. The predicted octanol–water partition coefficient (Wildman–Crippen LogP) is 6.41. The average molecular weight is 609 g/mol. The summed E-state index contributed by atoms with van der Waals surface area (Å²) >= 11 is 0. The van der Waals surface area contributed by atoms with Gasteiger partial charge in [-0.05, 0) is 22.3 Å². The summed E-state index contributed by atoms with van der Waals surface area (Å²) in [5, 5.41) is 0. The minimum absolute atomic E-state index is 0.258. The molecule has 0 radical (unpaired) electrons. The topological polar surface area (TPSA) is 72.5 Å². The minimum Gasteiger partial charge on any atom is -0.467 e. The quantitative estimate of drug-likeness (QED) is 0.144. The molecule has 1 aliphatic heterocycles. The lowest BCUT2D eigenvalue weighted by molar-refractivity contribution is -0.261. The fraction of sp³-hybridized carbons (Fsp3) is 0.289. The second-order valence-corrected chi connectivity index (χ2v) is 10.8. The first-order valence-electron chi connectivity index (χ1n) is 15.2. The highest BCUT2D eigenvalue weighted by atomic mass is 16.6. The van der Waals surface area contributed by atoms with Gasteiger partial charge in [0, 0.05) is 0 Å². The van der Waals surface area contributed by atoms with Crippen molar-refractivity contribution < 1.29 is 33.2 Å². The van der Waals surface area contributed by atoms with Gasteiger partial charge in [0.15, 0.2) is 0 Å². The maximum Gasteiger partial charge on any atom is 0.331 e. The van der Waals surface area contributed by atoms with Crippen LogP contribution < -0.4 is 0 Å². The summed E-state index contributed by atoms with van der Waals surface area (Å²) in [4.78, 5) is 12.3. The van der Waals surface area contributed by atoms with Gasteiger partial charge in [-0.3, -0.25) is 0 Å². The highest BCUT2D eigenvalue weighted by Gasteiger charge is 2.47. The van der Waals surface area contributed by atoms with E-state index in [4.69, 9.17) is 28.4 Å². The van der Waals surface area contributed by atoms with Crippen LogP contribution >= 0.6 is 0 Å². The molecule has 0 amide bonds. The Morgan fingerprint density at radius 2 is 1.16 bits per heavy atom. The molecular formula is C38H40O7. The van der Waals surface area contributed by atoms with E-state index in [9.17, 15) is 4.79 Å². The van der Waals surface area contributed by atoms with E-state index in [-0.39, 0.29) is 13.2 Å². The number of carbonyl (C=O) groups is 1. The van der Waals surface area contributed by atoms with Crippen molar-refractivity contribution in [2.75, 3.05) is 20.3 Å². The van der Waals surface area contributed by atoms with Gasteiger partial charge in [0.05, 0.1) is 33.5 Å². The summed E-state index contributed by atoms with van der Waals surface area (Å²) < 4.78 is 37.3. The summed E-state index contributed by atoms with van der Waals surface area (Å²) in [6.07, 6.45) is 1.00. The first-order valence-corrected chi connectivity index (χ1v) is 15.2. The largest absolute Gasteiger partial charge is 0.467 e. The zero-order valence-electron chi connectivity index (χ0n) is 25.5. The molecule has 0 bridgehead atoms. The first kappa shape index (κ1) is 32.3. The van der Waals surface area contributed by atoms with E-state index in [0.29, 0.717) is 19.8 Å². The molecule has 1 saturated heterocycles. The van der Waals surface area contributed by atoms with E-state index in [1.165, 1.54) is 7.11 Å². The van der Waals surface area contributed by atoms with Gasteiger partial charge in [-0.2, -0.15) is 0 Å². The van der Waals surface area contributed by atoms with E-state index in [1.54, 1.807) is 0 Å². The molecule has 4 aromatic carbocycles. The third-order valence-electron chi connectivity index (χ3n) is 7.53. The fourth-order valence-electron chi connectivity index (χ4n) is 5.21. The Bertz CT molecular complexity index is 1430. The first-order chi connectivity index (χ1) is 22.2. The summed E-state index contributed by atoms with van der Waals surface area (Å²) in [7, 11) is 1.34. The van der Waals surface area contributed by atoms with E-state index in [0.717, 1.165) is 22.3 Å². The monoisotopic (exact) mass is 608 g/mol.